The van der Waals surface area contributed by atoms with Gasteiger partial charge in [-0.3, -0.25) is 4.57 Å². The molecular weight excluding hydrogens is 442 g/mol. The molecule has 0 aliphatic carbocycles. The van der Waals surface area contributed by atoms with E-state index >= 15 is 0 Å². The summed E-state index contributed by atoms with van der Waals surface area (Å²) in [5, 5.41) is 3.27. The molecule has 3 N–H and O–H groups in total. The molecule has 3 aromatic carbocycles. The van der Waals surface area contributed by atoms with Crippen molar-refractivity contribution in [3.8, 4) is 22.9 Å². The van der Waals surface area contributed by atoms with Crippen LogP contribution >= 0.6 is 0 Å². The lowest BCUT2D eigenvalue weighted by Crippen LogP contribution is -2.35. The zero-order valence-corrected chi connectivity index (χ0v) is 19.5. The van der Waals surface area contributed by atoms with Crippen molar-refractivity contribution in [3.63, 3.8) is 0 Å². The summed E-state index contributed by atoms with van der Waals surface area (Å²) in [5.74, 6) is 2.36. The fourth-order valence-corrected chi connectivity index (χ4v) is 4.81. The Bertz CT molecular complexity index is 1490. The van der Waals surface area contributed by atoms with E-state index in [1.165, 1.54) is 0 Å². The van der Waals surface area contributed by atoms with Gasteiger partial charge in [0.25, 0.3) is 0 Å². The molecule has 0 amide bonds. The third-order valence-electron chi connectivity index (χ3n) is 6.49. The zero-order valence-electron chi connectivity index (χ0n) is 19.5. The molecule has 6 rings (SSSR count). The van der Waals surface area contributed by atoms with Crippen molar-refractivity contribution in [2.24, 2.45) is 10.7 Å². The van der Waals surface area contributed by atoms with E-state index in [1.54, 1.807) is 14.2 Å². The Morgan fingerprint density at radius 1 is 1.06 bits per heavy atom. The summed E-state index contributed by atoms with van der Waals surface area (Å²) in [7, 11) is 3.26. The van der Waals surface area contributed by atoms with Gasteiger partial charge in [-0.15, -0.1) is 0 Å². The maximum atomic E-state index is 6.28. The summed E-state index contributed by atoms with van der Waals surface area (Å²) in [4.78, 5) is 9.27. The molecule has 2 aliphatic rings. The lowest BCUT2D eigenvalue weighted by atomic mass is 9.91. The van der Waals surface area contributed by atoms with E-state index in [4.69, 9.17) is 24.9 Å². The van der Waals surface area contributed by atoms with Crippen LogP contribution in [0, 0.1) is 0 Å². The van der Waals surface area contributed by atoms with Gasteiger partial charge >= 0.3 is 0 Å². The van der Waals surface area contributed by atoms with Gasteiger partial charge in [0.15, 0.2) is 5.96 Å². The highest BCUT2D eigenvalue weighted by molar-refractivity contribution is 5.94. The van der Waals surface area contributed by atoms with Gasteiger partial charge in [0.1, 0.15) is 29.6 Å². The number of fused-ring (bicyclic) bond motifs is 3. The van der Waals surface area contributed by atoms with Crippen molar-refractivity contribution in [2.45, 2.75) is 12.5 Å². The average Bonchev–Trinajstić information content (AvgIpc) is 3.24. The number of nitrogens with two attached hydrogens (primary N) is 1. The smallest absolute Gasteiger partial charge is 0.194 e. The fraction of sp³-hybridized carbons (Fsp3) is 0.185. The molecule has 8 nitrogen and oxygen atoms in total. The predicted molar refractivity (Wildman–Crippen MR) is 135 cm³/mol. The number of aliphatic imine (C=N–C) groups is 1. The van der Waals surface area contributed by atoms with Crippen LogP contribution in [0.3, 0.4) is 0 Å². The second-order valence-electron chi connectivity index (χ2n) is 8.44. The number of nitrogens with one attached hydrogen (secondary N) is 1. The van der Waals surface area contributed by atoms with Crippen molar-refractivity contribution in [3.05, 3.63) is 83.7 Å². The number of para-hydroxylation sites is 2. The van der Waals surface area contributed by atoms with Gasteiger partial charge in [-0.1, -0.05) is 24.3 Å². The van der Waals surface area contributed by atoms with Crippen molar-refractivity contribution in [1.82, 2.24) is 14.9 Å². The molecule has 0 fully saturated rings. The monoisotopic (exact) mass is 467 g/mol. The Labute approximate surface area is 202 Å². The van der Waals surface area contributed by atoms with E-state index < -0.39 is 0 Å². The molecule has 1 atom stereocenters. The molecular formula is C27H25N5O3. The summed E-state index contributed by atoms with van der Waals surface area (Å²) >= 11 is 0. The number of aromatic nitrogens is 2. The van der Waals surface area contributed by atoms with E-state index in [2.05, 4.69) is 45.2 Å². The number of hydrogen-bond donors (Lipinski definition) is 2. The van der Waals surface area contributed by atoms with Crippen LogP contribution in [0.15, 0.2) is 77.6 Å². The SMILES string of the molecule is COc1cc(OC)c2c(c1)OCCC1=C2NC(N)=NC1c1ccc(-n2cnc3ccccc32)cc1. The highest BCUT2D eigenvalue weighted by atomic mass is 16.5. The molecule has 0 saturated heterocycles. The van der Waals surface area contributed by atoms with Crippen molar-refractivity contribution < 1.29 is 14.2 Å². The highest BCUT2D eigenvalue weighted by Gasteiger charge is 2.31. The maximum Gasteiger partial charge on any atom is 0.194 e. The first-order valence-corrected chi connectivity index (χ1v) is 11.4. The lowest BCUT2D eigenvalue weighted by Gasteiger charge is -2.27. The number of nitrogens with zero attached hydrogens (tertiary/aromatic N) is 3. The van der Waals surface area contributed by atoms with Crippen molar-refractivity contribution >= 4 is 22.7 Å². The quantitative estimate of drug-likeness (QED) is 0.467. The maximum absolute atomic E-state index is 6.28. The normalized spacial score (nSPS) is 17.0. The Morgan fingerprint density at radius 3 is 2.69 bits per heavy atom. The third-order valence-corrected chi connectivity index (χ3v) is 6.49. The molecule has 1 aromatic heterocycles. The molecule has 176 valence electrons. The predicted octanol–water partition coefficient (Wildman–Crippen LogP) is 4.20. The van der Waals surface area contributed by atoms with Crippen LogP contribution < -0.4 is 25.3 Å². The standard InChI is InChI=1S/C27H25N5O3/c1-33-18-13-22(34-2)24-23(14-18)35-12-11-19-25(30-27(28)31-26(19)24)16-7-9-17(10-8-16)32-15-29-20-5-3-4-6-21(20)32/h3-10,13-15,25H,11-12H2,1-2H3,(H3,28,30,31). The molecule has 4 aromatic rings. The first kappa shape index (κ1) is 21.1. The molecule has 0 spiro atoms. The Hall–Kier alpha value is -4.46. The summed E-state index contributed by atoms with van der Waals surface area (Å²) in [5.41, 5.74) is 13.2. The molecule has 8 heteroatoms. The summed E-state index contributed by atoms with van der Waals surface area (Å²) in [6, 6.07) is 19.9. The van der Waals surface area contributed by atoms with E-state index in [0.717, 1.165) is 39.1 Å². The van der Waals surface area contributed by atoms with Crippen molar-refractivity contribution in [1.29, 1.82) is 0 Å². The highest BCUT2D eigenvalue weighted by Crippen LogP contribution is 2.45. The number of ether oxygens (including phenoxy) is 3. The van der Waals surface area contributed by atoms with Crippen LogP contribution in [-0.2, 0) is 0 Å². The minimum absolute atomic E-state index is 0.235. The fourth-order valence-electron chi connectivity index (χ4n) is 4.81. The van der Waals surface area contributed by atoms with Gasteiger partial charge in [-0.05, 0) is 35.4 Å². The number of imidazole rings is 1. The number of rotatable bonds is 4. The second kappa shape index (κ2) is 8.39. The molecule has 3 heterocycles. The van der Waals surface area contributed by atoms with Gasteiger partial charge in [0.05, 0.1) is 43.1 Å². The lowest BCUT2D eigenvalue weighted by molar-refractivity contribution is 0.315. The molecule has 0 saturated carbocycles. The number of benzene rings is 3. The minimum atomic E-state index is -0.235. The summed E-state index contributed by atoms with van der Waals surface area (Å²) < 4.78 is 19.3. The van der Waals surface area contributed by atoms with E-state index in [0.29, 0.717) is 36.2 Å². The average molecular weight is 468 g/mol. The van der Waals surface area contributed by atoms with Crippen LogP contribution in [0.4, 0.5) is 0 Å². The van der Waals surface area contributed by atoms with Gasteiger partial charge < -0.3 is 25.3 Å². The summed E-state index contributed by atoms with van der Waals surface area (Å²) in [6.07, 6.45) is 2.54. The van der Waals surface area contributed by atoms with Crippen LogP contribution in [0.5, 0.6) is 17.2 Å². The first-order valence-electron chi connectivity index (χ1n) is 11.4. The zero-order chi connectivity index (χ0) is 23.9. The molecule has 35 heavy (non-hydrogen) atoms. The van der Waals surface area contributed by atoms with Gasteiger partial charge in [0, 0.05) is 24.2 Å². The molecule has 1 unspecified atom stereocenters. The van der Waals surface area contributed by atoms with Crippen molar-refractivity contribution in [2.75, 3.05) is 20.8 Å². The first-order chi connectivity index (χ1) is 17.2. The molecule has 0 bridgehead atoms. The van der Waals surface area contributed by atoms with E-state index in [-0.39, 0.29) is 6.04 Å². The second-order valence-corrected chi connectivity index (χ2v) is 8.44. The van der Waals surface area contributed by atoms with E-state index in [1.807, 2.05) is 36.7 Å². The Kier molecular flexibility index (Phi) is 5.06. The minimum Gasteiger partial charge on any atom is -0.496 e. The molecule has 0 radical (unpaired) electrons. The molecule has 2 aliphatic heterocycles. The van der Waals surface area contributed by atoms with Gasteiger partial charge in [0.2, 0.25) is 0 Å². The van der Waals surface area contributed by atoms with Gasteiger partial charge in [-0.2, -0.15) is 0 Å². The Balaban J connectivity index is 1.43. The number of hydrogen-bond acceptors (Lipinski definition) is 7. The number of methoxy groups -OCH3 is 2. The van der Waals surface area contributed by atoms with Crippen LogP contribution in [-0.4, -0.2) is 36.3 Å². The van der Waals surface area contributed by atoms with Gasteiger partial charge in [-0.25, -0.2) is 9.98 Å². The van der Waals surface area contributed by atoms with Crippen LogP contribution in [0.1, 0.15) is 23.6 Å². The summed E-state index contributed by atoms with van der Waals surface area (Å²) in [6.45, 7) is 0.509. The largest absolute Gasteiger partial charge is 0.496 e. The Morgan fingerprint density at radius 2 is 1.89 bits per heavy atom. The topological polar surface area (TPSA) is 95.9 Å². The van der Waals surface area contributed by atoms with Crippen LogP contribution in [0.25, 0.3) is 22.4 Å². The third kappa shape index (κ3) is 3.54. The van der Waals surface area contributed by atoms with E-state index in [9.17, 15) is 0 Å². The number of guanidine groups is 1. The van der Waals surface area contributed by atoms with Crippen LogP contribution in [0.2, 0.25) is 0 Å².